The number of rotatable bonds is 10. The lowest BCUT2D eigenvalue weighted by Crippen LogP contribution is -2.16. The summed E-state index contributed by atoms with van der Waals surface area (Å²) in [5.74, 6) is 0. The van der Waals surface area contributed by atoms with Gasteiger partial charge in [-0.25, -0.2) is 0 Å². The normalized spacial score (nSPS) is 10.9. The summed E-state index contributed by atoms with van der Waals surface area (Å²) in [5, 5.41) is 10.7. The van der Waals surface area contributed by atoms with Crippen molar-refractivity contribution in [1.82, 2.24) is 15.5 Å². The smallest absolute Gasteiger partial charge is 0.0695 e. The van der Waals surface area contributed by atoms with E-state index in [1.165, 1.54) is 17.5 Å². The van der Waals surface area contributed by atoms with Gasteiger partial charge in [0.1, 0.15) is 0 Å². The number of unbranched alkanes of at least 4 members (excludes halogenated alkanes) is 1. The Hall–Kier alpha value is -1.65. The third-order valence-corrected chi connectivity index (χ3v) is 3.38. The molecule has 1 heterocycles. The van der Waals surface area contributed by atoms with Gasteiger partial charge in [0.15, 0.2) is 0 Å². The van der Waals surface area contributed by atoms with E-state index < -0.39 is 0 Å². The number of ether oxygens (including phenoxy) is 1. The molecule has 2 N–H and O–H groups in total. The second-order valence-electron chi connectivity index (χ2n) is 5.13. The van der Waals surface area contributed by atoms with Crippen LogP contribution >= 0.6 is 0 Å². The molecule has 1 aromatic carbocycles. The lowest BCUT2D eigenvalue weighted by molar-refractivity contribution is 0.129. The first kappa shape index (κ1) is 15.7. The van der Waals surface area contributed by atoms with E-state index in [9.17, 15) is 0 Å². The Labute approximate surface area is 126 Å². The summed E-state index contributed by atoms with van der Waals surface area (Å²) in [4.78, 5) is 0. The molecule has 2 aromatic rings. The third-order valence-electron chi connectivity index (χ3n) is 3.38. The van der Waals surface area contributed by atoms with Gasteiger partial charge in [-0.15, -0.1) is 0 Å². The Morgan fingerprint density at radius 1 is 1.14 bits per heavy atom. The van der Waals surface area contributed by atoms with Gasteiger partial charge >= 0.3 is 0 Å². The average Bonchev–Trinajstić information content (AvgIpc) is 2.99. The van der Waals surface area contributed by atoms with E-state index in [-0.39, 0.29) is 0 Å². The third kappa shape index (κ3) is 5.33. The number of nitrogens with zero attached hydrogens (tertiary/aromatic N) is 1. The zero-order valence-electron chi connectivity index (χ0n) is 12.8. The molecule has 0 bridgehead atoms. The van der Waals surface area contributed by atoms with Crippen molar-refractivity contribution >= 4 is 0 Å². The number of H-pyrrole nitrogens is 1. The van der Waals surface area contributed by atoms with Crippen molar-refractivity contribution in [3.63, 3.8) is 0 Å². The molecule has 21 heavy (non-hydrogen) atoms. The highest BCUT2D eigenvalue weighted by Crippen LogP contribution is 2.20. The van der Waals surface area contributed by atoms with Crippen LogP contribution in [0.1, 0.15) is 31.7 Å². The van der Waals surface area contributed by atoms with Gasteiger partial charge in [-0.1, -0.05) is 43.7 Å². The van der Waals surface area contributed by atoms with Crippen LogP contribution in [-0.2, 0) is 11.3 Å². The van der Waals surface area contributed by atoms with Crippen LogP contribution in [0.3, 0.4) is 0 Å². The maximum Gasteiger partial charge on any atom is 0.0695 e. The van der Waals surface area contributed by atoms with Crippen LogP contribution < -0.4 is 5.32 Å². The molecule has 0 unspecified atom stereocenters. The van der Waals surface area contributed by atoms with E-state index in [0.29, 0.717) is 0 Å². The minimum atomic E-state index is 0.829. The van der Waals surface area contributed by atoms with E-state index in [1.807, 2.05) is 24.4 Å². The number of hydrogen-bond donors (Lipinski definition) is 2. The molecular formula is C17H25N3O. The zero-order chi connectivity index (χ0) is 14.8. The van der Waals surface area contributed by atoms with E-state index >= 15 is 0 Å². The van der Waals surface area contributed by atoms with Crippen LogP contribution in [0, 0.1) is 0 Å². The average molecular weight is 287 g/mol. The Bertz CT molecular complexity index is 496. The first-order valence-corrected chi connectivity index (χ1v) is 7.78. The molecular weight excluding hydrogens is 262 g/mol. The molecule has 0 atom stereocenters. The van der Waals surface area contributed by atoms with Gasteiger partial charge in [-0.2, -0.15) is 5.10 Å². The minimum absolute atomic E-state index is 0.829. The highest BCUT2D eigenvalue weighted by Gasteiger charge is 2.06. The predicted octanol–water partition coefficient (Wildman–Crippen LogP) is 3.37. The van der Waals surface area contributed by atoms with E-state index in [4.69, 9.17) is 4.74 Å². The number of hydrogen-bond acceptors (Lipinski definition) is 3. The van der Waals surface area contributed by atoms with Crippen LogP contribution in [0.2, 0.25) is 0 Å². The van der Waals surface area contributed by atoms with Crippen molar-refractivity contribution in [2.24, 2.45) is 0 Å². The van der Waals surface area contributed by atoms with E-state index in [2.05, 4.69) is 34.6 Å². The fourth-order valence-electron chi connectivity index (χ4n) is 2.17. The van der Waals surface area contributed by atoms with Crippen LogP contribution in [0.25, 0.3) is 11.3 Å². The molecule has 0 aliphatic rings. The molecule has 0 saturated heterocycles. The lowest BCUT2D eigenvalue weighted by Gasteiger charge is -2.06. The standard InChI is InChI=1S/C17H25N3O/c1-2-3-11-21-12-7-10-18-13-16-14-19-20-17(16)15-8-5-4-6-9-15/h4-6,8-9,14,18H,2-3,7,10-13H2,1H3,(H,19,20). The van der Waals surface area contributed by atoms with Crippen molar-refractivity contribution < 1.29 is 4.74 Å². The topological polar surface area (TPSA) is 49.9 Å². The molecule has 0 aliphatic heterocycles. The Morgan fingerprint density at radius 3 is 2.76 bits per heavy atom. The van der Waals surface area contributed by atoms with Gasteiger partial charge in [-0.05, 0) is 24.9 Å². The van der Waals surface area contributed by atoms with Crippen LogP contribution in [0.4, 0.5) is 0 Å². The first-order valence-electron chi connectivity index (χ1n) is 7.78. The Morgan fingerprint density at radius 2 is 1.95 bits per heavy atom. The highest BCUT2D eigenvalue weighted by molar-refractivity contribution is 5.62. The molecule has 0 spiro atoms. The maximum absolute atomic E-state index is 5.55. The Kier molecular flexibility index (Phi) is 6.98. The molecule has 0 aliphatic carbocycles. The highest BCUT2D eigenvalue weighted by atomic mass is 16.5. The molecule has 0 radical (unpaired) electrons. The summed E-state index contributed by atoms with van der Waals surface area (Å²) in [6, 6.07) is 10.3. The van der Waals surface area contributed by atoms with Gasteiger partial charge < -0.3 is 10.1 Å². The summed E-state index contributed by atoms with van der Waals surface area (Å²) < 4.78 is 5.55. The molecule has 4 nitrogen and oxygen atoms in total. The van der Waals surface area contributed by atoms with Crippen molar-refractivity contribution in [3.8, 4) is 11.3 Å². The van der Waals surface area contributed by atoms with Crippen molar-refractivity contribution in [3.05, 3.63) is 42.1 Å². The summed E-state index contributed by atoms with van der Waals surface area (Å²) in [6.07, 6.45) is 5.29. The summed E-state index contributed by atoms with van der Waals surface area (Å²) in [7, 11) is 0. The van der Waals surface area contributed by atoms with Crippen molar-refractivity contribution in [2.75, 3.05) is 19.8 Å². The Balaban J connectivity index is 1.69. The fourth-order valence-corrected chi connectivity index (χ4v) is 2.17. The van der Waals surface area contributed by atoms with Crippen molar-refractivity contribution in [1.29, 1.82) is 0 Å². The lowest BCUT2D eigenvalue weighted by atomic mass is 10.1. The molecule has 0 fully saturated rings. The molecule has 2 rings (SSSR count). The van der Waals surface area contributed by atoms with E-state index in [0.717, 1.165) is 44.8 Å². The second-order valence-corrected chi connectivity index (χ2v) is 5.13. The predicted molar refractivity (Wildman–Crippen MR) is 86.1 cm³/mol. The van der Waals surface area contributed by atoms with Crippen LogP contribution in [-0.4, -0.2) is 30.0 Å². The van der Waals surface area contributed by atoms with Gasteiger partial charge in [0.05, 0.1) is 11.9 Å². The summed E-state index contributed by atoms with van der Waals surface area (Å²) in [6.45, 7) is 5.70. The number of benzene rings is 1. The quantitative estimate of drug-likeness (QED) is 0.659. The van der Waals surface area contributed by atoms with Gasteiger partial charge in [0.2, 0.25) is 0 Å². The molecule has 0 saturated carbocycles. The largest absolute Gasteiger partial charge is 0.381 e. The minimum Gasteiger partial charge on any atom is -0.381 e. The van der Waals surface area contributed by atoms with Crippen LogP contribution in [0.15, 0.2) is 36.5 Å². The van der Waals surface area contributed by atoms with Crippen LogP contribution in [0.5, 0.6) is 0 Å². The maximum atomic E-state index is 5.55. The molecule has 0 amide bonds. The molecule has 4 heteroatoms. The molecule has 1 aromatic heterocycles. The zero-order valence-corrected chi connectivity index (χ0v) is 12.8. The number of aromatic amines is 1. The summed E-state index contributed by atoms with van der Waals surface area (Å²) >= 11 is 0. The first-order chi connectivity index (χ1) is 10.4. The monoisotopic (exact) mass is 287 g/mol. The fraction of sp³-hybridized carbons (Fsp3) is 0.471. The van der Waals surface area contributed by atoms with E-state index in [1.54, 1.807) is 0 Å². The van der Waals surface area contributed by atoms with Gasteiger partial charge in [0, 0.05) is 25.3 Å². The summed E-state index contributed by atoms with van der Waals surface area (Å²) in [5.41, 5.74) is 3.48. The van der Waals surface area contributed by atoms with Gasteiger partial charge in [0.25, 0.3) is 0 Å². The number of nitrogens with one attached hydrogen (secondary N) is 2. The van der Waals surface area contributed by atoms with Gasteiger partial charge in [-0.3, -0.25) is 5.10 Å². The molecule has 114 valence electrons. The second kappa shape index (κ2) is 9.32. The van der Waals surface area contributed by atoms with Crippen molar-refractivity contribution in [2.45, 2.75) is 32.7 Å². The number of aromatic nitrogens is 2. The SMILES string of the molecule is CCCCOCCCNCc1cn[nH]c1-c1ccccc1.